The number of nitrogens with one attached hydrogen (secondary N) is 1. The molecule has 3 rings (SSSR count). The predicted molar refractivity (Wildman–Crippen MR) is 113 cm³/mol. The van der Waals surface area contributed by atoms with Gasteiger partial charge in [-0.1, -0.05) is 38.1 Å². The molecular formula is C22H25FN2O3S. The van der Waals surface area contributed by atoms with Crippen molar-refractivity contribution in [3.63, 3.8) is 0 Å². The summed E-state index contributed by atoms with van der Waals surface area (Å²) in [5, 5.41) is 2.98. The quantitative estimate of drug-likeness (QED) is 0.693. The summed E-state index contributed by atoms with van der Waals surface area (Å²) in [5.74, 6) is -0.222. The lowest BCUT2D eigenvalue weighted by Crippen LogP contribution is -2.52. The van der Waals surface area contributed by atoms with Gasteiger partial charge in [-0.3, -0.25) is 9.59 Å². The minimum atomic E-state index is -0.784. The zero-order valence-electron chi connectivity index (χ0n) is 16.6. The van der Waals surface area contributed by atoms with Crippen molar-refractivity contribution < 1.29 is 18.7 Å². The van der Waals surface area contributed by atoms with Crippen LogP contribution in [0.25, 0.3) is 0 Å². The first-order chi connectivity index (χ1) is 14.0. The molecule has 1 unspecified atom stereocenters. The van der Waals surface area contributed by atoms with Crippen molar-refractivity contribution in [1.82, 2.24) is 5.32 Å². The number of hydrogen-bond donors (Lipinski definition) is 1. The van der Waals surface area contributed by atoms with Gasteiger partial charge in [-0.05, 0) is 37.1 Å². The lowest BCUT2D eigenvalue weighted by atomic mass is 10.1. The number of ether oxygens (including phenoxy) is 1. The van der Waals surface area contributed by atoms with Crippen molar-refractivity contribution in [3.8, 4) is 5.75 Å². The maximum atomic E-state index is 13.9. The Bertz CT molecular complexity index is 873. The van der Waals surface area contributed by atoms with Gasteiger partial charge in [-0.2, -0.15) is 0 Å². The Kier molecular flexibility index (Phi) is 7.14. The van der Waals surface area contributed by atoms with E-state index in [1.54, 1.807) is 41.3 Å². The molecule has 0 aliphatic carbocycles. The number of hydrogen-bond acceptors (Lipinski definition) is 4. The van der Waals surface area contributed by atoms with Gasteiger partial charge in [0.2, 0.25) is 5.91 Å². The van der Waals surface area contributed by atoms with Crippen LogP contribution in [0.2, 0.25) is 0 Å². The number of halogens is 1. The van der Waals surface area contributed by atoms with Crippen molar-refractivity contribution in [3.05, 3.63) is 54.3 Å². The molecule has 2 aromatic rings. The van der Waals surface area contributed by atoms with E-state index >= 15 is 0 Å². The van der Waals surface area contributed by atoms with Crippen molar-refractivity contribution in [1.29, 1.82) is 0 Å². The lowest BCUT2D eigenvalue weighted by molar-refractivity contribution is -0.129. The van der Waals surface area contributed by atoms with Crippen molar-refractivity contribution in [2.75, 3.05) is 17.2 Å². The van der Waals surface area contributed by atoms with Gasteiger partial charge >= 0.3 is 0 Å². The molecule has 0 radical (unpaired) electrons. The summed E-state index contributed by atoms with van der Waals surface area (Å²) >= 11 is 1.14. The van der Waals surface area contributed by atoms with Gasteiger partial charge in [0.05, 0.1) is 18.0 Å². The largest absolute Gasteiger partial charge is 0.477 e. The summed E-state index contributed by atoms with van der Waals surface area (Å²) in [6, 6.07) is 13.6. The summed E-state index contributed by atoms with van der Waals surface area (Å²) in [6.45, 7) is 4.15. The van der Waals surface area contributed by atoms with E-state index in [1.807, 2.05) is 19.9 Å². The first-order valence-electron chi connectivity index (χ1n) is 9.77. The Morgan fingerprint density at radius 1 is 1.17 bits per heavy atom. The zero-order chi connectivity index (χ0) is 20.8. The number of carbonyl (C=O) groups excluding carboxylic acids is 2. The van der Waals surface area contributed by atoms with Gasteiger partial charge in [0.15, 0.2) is 6.10 Å². The van der Waals surface area contributed by atoms with Crippen LogP contribution in [0.1, 0.15) is 26.7 Å². The van der Waals surface area contributed by atoms with Crippen LogP contribution in [0.4, 0.5) is 10.1 Å². The number of para-hydroxylation sites is 2. The minimum Gasteiger partial charge on any atom is -0.477 e. The highest BCUT2D eigenvalue weighted by molar-refractivity contribution is 8.00. The summed E-state index contributed by atoms with van der Waals surface area (Å²) in [6.07, 6.45) is 0.869. The van der Waals surface area contributed by atoms with Crippen LogP contribution < -0.4 is 15.0 Å². The fraction of sp³-hybridized carbons (Fsp3) is 0.364. The minimum absolute atomic E-state index is 0.0656. The van der Waals surface area contributed by atoms with Gasteiger partial charge in [-0.15, -0.1) is 11.8 Å². The maximum absolute atomic E-state index is 13.9. The molecule has 0 aromatic heterocycles. The highest BCUT2D eigenvalue weighted by Crippen LogP contribution is 2.34. The predicted octanol–water partition coefficient (Wildman–Crippen LogP) is 4.02. The van der Waals surface area contributed by atoms with E-state index in [0.717, 1.165) is 24.6 Å². The third kappa shape index (κ3) is 5.09. The van der Waals surface area contributed by atoms with E-state index < -0.39 is 6.10 Å². The second kappa shape index (κ2) is 9.78. The Balaban J connectivity index is 1.75. The fourth-order valence-corrected chi connectivity index (χ4v) is 3.99. The summed E-state index contributed by atoms with van der Waals surface area (Å²) in [7, 11) is 0. The zero-order valence-corrected chi connectivity index (χ0v) is 17.4. The molecule has 7 heteroatoms. The molecule has 1 aliphatic heterocycles. The third-order valence-corrected chi connectivity index (χ3v) is 5.92. The lowest BCUT2D eigenvalue weighted by Gasteiger charge is -2.34. The van der Waals surface area contributed by atoms with E-state index in [-0.39, 0.29) is 36.0 Å². The van der Waals surface area contributed by atoms with Gasteiger partial charge in [0.1, 0.15) is 11.6 Å². The first-order valence-corrected chi connectivity index (χ1v) is 10.8. The standard InChI is InChI=1S/C22H25FN2O3S/c1-3-15(4-2)24-22(27)19-13-25(17-10-6-7-11-18(17)28-19)21(26)14-29-20-12-8-5-9-16(20)23/h5-12,15,19H,3-4,13-14H2,1-2H3,(H,24,27). The number of thioether (sulfide) groups is 1. The fourth-order valence-electron chi connectivity index (χ4n) is 3.17. The Hall–Kier alpha value is -2.54. The van der Waals surface area contributed by atoms with E-state index in [9.17, 15) is 14.0 Å². The average molecular weight is 417 g/mol. The molecule has 5 nitrogen and oxygen atoms in total. The third-order valence-electron chi connectivity index (χ3n) is 4.89. The van der Waals surface area contributed by atoms with Crippen molar-refractivity contribution in [2.24, 2.45) is 0 Å². The number of rotatable bonds is 7. The van der Waals surface area contributed by atoms with Crippen LogP contribution in [0, 0.1) is 5.82 Å². The molecule has 1 atom stereocenters. The Morgan fingerprint density at radius 3 is 2.59 bits per heavy atom. The van der Waals surface area contributed by atoms with Gasteiger partial charge < -0.3 is 15.0 Å². The molecule has 1 N–H and O–H groups in total. The second-order valence-electron chi connectivity index (χ2n) is 6.82. The summed E-state index contributed by atoms with van der Waals surface area (Å²) < 4.78 is 19.7. The molecule has 0 bridgehead atoms. The molecule has 0 fully saturated rings. The molecule has 1 heterocycles. The molecular weight excluding hydrogens is 391 g/mol. The number of nitrogens with zero attached hydrogens (tertiary/aromatic N) is 1. The first kappa shape index (κ1) is 21.2. The molecule has 1 aliphatic rings. The normalized spacial score (nSPS) is 15.6. The van der Waals surface area contributed by atoms with Gasteiger partial charge in [-0.25, -0.2) is 4.39 Å². The molecule has 0 saturated heterocycles. The van der Waals surface area contributed by atoms with Crippen LogP contribution in [0.15, 0.2) is 53.4 Å². The van der Waals surface area contributed by atoms with E-state index in [4.69, 9.17) is 4.74 Å². The van der Waals surface area contributed by atoms with Crippen molar-refractivity contribution >= 4 is 29.3 Å². The van der Waals surface area contributed by atoms with Gasteiger partial charge in [0, 0.05) is 10.9 Å². The Labute approximate surface area is 174 Å². The highest BCUT2D eigenvalue weighted by Gasteiger charge is 2.34. The van der Waals surface area contributed by atoms with E-state index in [2.05, 4.69) is 5.32 Å². The van der Waals surface area contributed by atoms with Gasteiger partial charge in [0.25, 0.3) is 5.91 Å². The maximum Gasteiger partial charge on any atom is 0.263 e. The van der Waals surface area contributed by atoms with Crippen molar-refractivity contribution in [2.45, 2.75) is 43.7 Å². The number of anilines is 1. The second-order valence-corrected chi connectivity index (χ2v) is 7.84. The molecule has 2 aromatic carbocycles. The number of benzene rings is 2. The van der Waals surface area contributed by atoms with Crippen LogP contribution in [-0.2, 0) is 9.59 Å². The number of amides is 2. The monoisotopic (exact) mass is 416 g/mol. The summed E-state index contributed by atoms with van der Waals surface area (Å²) in [4.78, 5) is 27.6. The molecule has 154 valence electrons. The van der Waals surface area contributed by atoms with E-state index in [1.165, 1.54) is 6.07 Å². The van der Waals surface area contributed by atoms with Crippen LogP contribution in [-0.4, -0.2) is 36.3 Å². The molecule has 0 saturated carbocycles. The number of carbonyl (C=O) groups is 2. The van der Waals surface area contributed by atoms with E-state index in [0.29, 0.717) is 16.3 Å². The Morgan fingerprint density at radius 2 is 1.86 bits per heavy atom. The van der Waals surface area contributed by atoms with Crippen LogP contribution in [0.3, 0.4) is 0 Å². The average Bonchev–Trinajstić information content (AvgIpc) is 2.75. The topological polar surface area (TPSA) is 58.6 Å². The molecule has 29 heavy (non-hydrogen) atoms. The highest BCUT2D eigenvalue weighted by atomic mass is 32.2. The number of fused-ring (bicyclic) bond motifs is 1. The summed E-state index contributed by atoms with van der Waals surface area (Å²) in [5.41, 5.74) is 0.623. The van der Waals surface area contributed by atoms with Crippen LogP contribution in [0.5, 0.6) is 5.75 Å². The SMILES string of the molecule is CCC(CC)NC(=O)C1CN(C(=O)CSc2ccccc2F)c2ccccc2O1. The van der Waals surface area contributed by atoms with Crippen LogP contribution >= 0.6 is 11.8 Å². The molecule has 2 amide bonds. The molecule has 0 spiro atoms. The smallest absolute Gasteiger partial charge is 0.263 e.